The van der Waals surface area contributed by atoms with E-state index >= 15 is 0 Å². The quantitative estimate of drug-likeness (QED) is 0.599. The maximum absolute atomic E-state index is 12.9. The van der Waals surface area contributed by atoms with Crippen molar-refractivity contribution in [3.8, 4) is 22.6 Å². The molecule has 1 aliphatic carbocycles. The summed E-state index contributed by atoms with van der Waals surface area (Å²) in [6, 6.07) is 11.5. The summed E-state index contributed by atoms with van der Waals surface area (Å²) in [4.78, 5) is 12.9. The number of rotatable bonds is 8. The van der Waals surface area contributed by atoms with Crippen LogP contribution < -0.4 is 14.8 Å². The highest BCUT2D eigenvalue weighted by atomic mass is 16.5. The van der Waals surface area contributed by atoms with Crippen LogP contribution in [0.4, 0.5) is 0 Å². The molecule has 0 bridgehead atoms. The van der Waals surface area contributed by atoms with E-state index in [0.29, 0.717) is 18.8 Å². The molecular formula is C23H27NO3. The fraction of sp³-hybridized carbons (Fsp3) is 0.435. The van der Waals surface area contributed by atoms with Gasteiger partial charge in [0.1, 0.15) is 11.5 Å². The zero-order chi connectivity index (χ0) is 18.6. The summed E-state index contributed by atoms with van der Waals surface area (Å²) in [7, 11) is 0. The van der Waals surface area contributed by atoms with Crippen molar-refractivity contribution in [2.24, 2.45) is 5.92 Å². The number of fused-ring (bicyclic) bond motifs is 3. The van der Waals surface area contributed by atoms with Crippen LogP contribution in [0.2, 0.25) is 0 Å². The number of ketones is 1. The fourth-order valence-electron chi connectivity index (χ4n) is 4.07. The van der Waals surface area contributed by atoms with Crippen molar-refractivity contribution in [2.45, 2.75) is 32.6 Å². The van der Waals surface area contributed by atoms with Crippen molar-refractivity contribution in [3.05, 3.63) is 47.5 Å². The van der Waals surface area contributed by atoms with Crippen molar-refractivity contribution in [3.63, 3.8) is 0 Å². The Morgan fingerprint density at radius 1 is 1.00 bits per heavy atom. The SMILES string of the molecule is CCCOc1cccc2c1-c1c(OCCCC3CCNC3)cccc1C2=O. The normalized spacial score (nSPS) is 17.7. The Hall–Kier alpha value is -2.33. The molecule has 1 heterocycles. The van der Waals surface area contributed by atoms with Gasteiger partial charge in [0.25, 0.3) is 0 Å². The molecule has 0 radical (unpaired) electrons. The molecule has 1 atom stereocenters. The number of nitrogens with one attached hydrogen (secondary N) is 1. The van der Waals surface area contributed by atoms with Crippen LogP contribution in [-0.4, -0.2) is 32.1 Å². The zero-order valence-corrected chi connectivity index (χ0v) is 15.9. The van der Waals surface area contributed by atoms with E-state index in [1.165, 1.54) is 12.8 Å². The van der Waals surface area contributed by atoms with Crippen LogP contribution in [0, 0.1) is 5.92 Å². The molecule has 2 aromatic carbocycles. The largest absolute Gasteiger partial charge is 0.493 e. The van der Waals surface area contributed by atoms with Gasteiger partial charge >= 0.3 is 0 Å². The Morgan fingerprint density at radius 3 is 2.26 bits per heavy atom. The lowest BCUT2D eigenvalue weighted by Gasteiger charge is -2.15. The number of hydrogen-bond donors (Lipinski definition) is 1. The molecule has 4 heteroatoms. The molecule has 0 amide bonds. The first-order chi connectivity index (χ1) is 13.3. The van der Waals surface area contributed by atoms with Crippen LogP contribution in [0.15, 0.2) is 36.4 Å². The van der Waals surface area contributed by atoms with Gasteiger partial charge < -0.3 is 14.8 Å². The van der Waals surface area contributed by atoms with Gasteiger partial charge in [-0.1, -0.05) is 31.2 Å². The first kappa shape index (κ1) is 18.1. The van der Waals surface area contributed by atoms with Gasteiger partial charge in [0, 0.05) is 22.3 Å². The summed E-state index contributed by atoms with van der Waals surface area (Å²) in [5.41, 5.74) is 3.22. The zero-order valence-electron chi connectivity index (χ0n) is 15.9. The maximum Gasteiger partial charge on any atom is 0.194 e. The maximum atomic E-state index is 12.9. The van der Waals surface area contributed by atoms with Gasteiger partial charge in [-0.25, -0.2) is 0 Å². The fourth-order valence-corrected chi connectivity index (χ4v) is 4.07. The lowest BCUT2D eigenvalue weighted by molar-refractivity contribution is 0.104. The van der Waals surface area contributed by atoms with E-state index in [-0.39, 0.29) is 5.78 Å². The van der Waals surface area contributed by atoms with Crippen LogP contribution in [0.5, 0.6) is 11.5 Å². The summed E-state index contributed by atoms with van der Waals surface area (Å²) < 4.78 is 12.1. The highest BCUT2D eigenvalue weighted by molar-refractivity contribution is 6.23. The van der Waals surface area contributed by atoms with Gasteiger partial charge in [-0.2, -0.15) is 0 Å². The van der Waals surface area contributed by atoms with Gasteiger partial charge in [-0.05, 0) is 56.8 Å². The van der Waals surface area contributed by atoms with E-state index in [2.05, 4.69) is 12.2 Å². The van der Waals surface area contributed by atoms with E-state index < -0.39 is 0 Å². The molecule has 0 spiro atoms. The van der Waals surface area contributed by atoms with E-state index in [9.17, 15) is 4.79 Å². The molecule has 1 saturated heterocycles. The van der Waals surface area contributed by atoms with Crippen LogP contribution in [0.1, 0.15) is 48.5 Å². The molecular weight excluding hydrogens is 338 g/mol. The highest BCUT2D eigenvalue weighted by Gasteiger charge is 2.32. The molecule has 27 heavy (non-hydrogen) atoms. The number of ether oxygens (including phenoxy) is 2. The van der Waals surface area contributed by atoms with Gasteiger partial charge in [-0.15, -0.1) is 0 Å². The van der Waals surface area contributed by atoms with E-state index in [0.717, 1.165) is 60.0 Å². The molecule has 0 saturated carbocycles. The first-order valence-corrected chi connectivity index (χ1v) is 10.1. The highest BCUT2D eigenvalue weighted by Crippen LogP contribution is 2.47. The minimum absolute atomic E-state index is 0.0597. The second kappa shape index (κ2) is 8.13. The van der Waals surface area contributed by atoms with Crippen molar-refractivity contribution in [2.75, 3.05) is 26.3 Å². The molecule has 2 aliphatic rings. The first-order valence-electron chi connectivity index (χ1n) is 10.1. The second-order valence-electron chi connectivity index (χ2n) is 7.38. The Balaban J connectivity index is 1.56. The summed E-state index contributed by atoms with van der Waals surface area (Å²) in [6.07, 6.45) is 4.41. The minimum Gasteiger partial charge on any atom is -0.493 e. The Labute approximate surface area is 160 Å². The standard InChI is InChI=1S/C23H27NO3/c1-2-13-26-19-9-3-7-17-21(19)22-18(23(17)25)8-4-10-20(22)27-14-5-6-16-11-12-24-15-16/h3-4,7-10,16,24H,2,5-6,11-15H2,1H3. The third kappa shape index (κ3) is 3.59. The molecule has 4 nitrogen and oxygen atoms in total. The molecule has 1 unspecified atom stereocenters. The summed E-state index contributed by atoms with van der Waals surface area (Å²) >= 11 is 0. The van der Waals surface area contributed by atoms with Crippen LogP contribution >= 0.6 is 0 Å². The number of carbonyl (C=O) groups is 1. The van der Waals surface area contributed by atoms with Crippen molar-refractivity contribution >= 4 is 5.78 Å². The number of hydrogen-bond acceptors (Lipinski definition) is 4. The average molecular weight is 365 g/mol. The van der Waals surface area contributed by atoms with E-state index in [1.54, 1.807) is 0 Å². The minimum atomic E-state index is 0.0597. The molecule has 1 fully saturated rings. The van der Waals surface area contributed by atoms with Gasteiger partial charge in [-0.3, -0.25) is 4.79 Å². The number of carbonyl (C=O) groups excluding carboxylic acids is 1. The third-order valence-electron chi connectivity index (χ3n) is 5.43. The summed E-state index contributed by atoms with van der Waals surface area (Å²) in [5, 5.41) is 3.41. The van der Waals surface area contributed by atoms with Crippen LogP contribution in [-0.2, 0) is 0 Å². The van der Waals surface area contributed by atoms with Crippen LogP contribution in [0.25, 0.3) is 11.1 Å². The topological polar surface area (TPSA) is 47.6 Å². The molecule has 2 aromatic rings. The van der Waals surface area contributed by atoms with Crippen LogP contribution in [0.3, 0.4) is 0 Å². The van der Waals surface area contributed by atoms with Gasteiger partial charge in [0.2, 0.25) is 0 Å². The van der Waals surface area contributed by atoms with E-state index in [4.69, 9.17) is 9.47 Å². The van der Waals surface area contributed by atoms with Gasteiger partial charge in [0.15, 0.2) is 5.78 Å². The van der Waals surface area contributed by atoms with Gasteiger partial charge in [0.05, 0.1) is 13.2 Å². The lowest BCUT2D eigenvalue weighted by Crippen LogP contribution is -2.10. The molecule has 142 valence electrons. The predicted molar refractivity (Wildman–Crippen MR) is 107 cm³/mol. The Bertz CT molecular complexity index is 824. The molecule has 1 N–H and O–H groups in total. The smallest absolute Gasteiger partial charge is 0.194 e. The Morgan fingerprint density at radius 2 is 1.67 bits per heavy atom. The number of benzene rings is 2. The van der Waals surface area contributed by atoms with Crippen molar-refractivity contribution < 1.29 is 14.3 Å². The average Bonchev–Trinajstić information content (AvgIpc) is 3.31. The molecule has 4 rings (SSSR count). The lowest BCUT2D eigenvalue weighted by atomic mass is 10.0. The third-order valence-corrected chi connectivity index (χ3v) is 5.43. The Kier molecular flexibility index (Phi) is 5.44. The van der Waals surface area contributed by atoms with Crippen molar-refractivity contribution in [1.29, 1.82) is 0 Å². The second-order valence-corrected chi connectivity index (χ2v) is 7.38. The van der Waals surface area contributed by atoms with E-state index in [1.807, 2.05) is 36.4 Å². The molecule has 1 aliphatic heterocycles. The monoisotopic (exact) mass is 365 g/mol. The predicted octanol–water partition coefficient (Wildman–Crippen LogP) is 4.46. The summed E-state index contributed by atoms with van der Waals surface area (Å²) in [6.45, 7) is 5.65. The molecule has 0 aromatic heterocycles. The van der Waals surface area contributed by atoms with Crippen molar-refractivity contribution in [1.82, 2.24) is 5.32 Å². The summed E-state index contributed by atoms with van der Waals surface area (Å²) in [5.74, 6) is 2.39.